The van der Waals surface area contributed by atoms with Gasteiger partial charge in [0.1, 0.15) is 0 Å². The summed E-state index contributed by atoms with van der Waals surface area (Å²) in [6, 6.07) is 9.74. The van der Waals surface area contributed by atoms with Gasteiger partial charge in [-0.1, -0.05) is 23.4 Å². The molecule has 0 fully saturated rings. The lowest BCUT2D eigenvalue weighted by molar-refractivity contribution is 0.318. The lowest BCUT2D eigenvalue weighted by atomic mass is 10.1. The molecule has 0 aliphatic carbocycles. The summed E-state index contributed by atoms with van der Waals surface area (Å²) in [4.78, 5) is 0. The molecule has 94 valence electrons. The fraction of sp³-hybridized carbons (Fsp3) is 0.154. The third kappa shape index (κ3) is 3.32. The Labute approximate surface area is 110 Å². The Morgan fingerprint density at radius 3 is 2.83 bits per heavy atom. The van der Waals surface area contributed by atoms with Crippen LogP contribution in [0.3, 0.4) is 0 Å². The Balaban J connectivity index is 1.93. The fourth-order valence-corrected chi connectivity index (χ4v) is 2.31. The van der Waals surface area contributed by atoms with Crippen LogP contribution in [0.5, 0.6) is 0 Å². The number of thiophene rings is 1. The van der Waals surface area contributed by atoms with Gasteiger partial charge in [0.05, 0.1) is 0 Å². The zero-order chi connectivity index (χ0) is 12.8. The van der Waals surface area contributed by atoms with Crippen LogP contribution in [0, 0.1) is 0 Å². The van der Waals surface area contributed by atoms with Gasteiger partial charge in [0, 0.05) is 18.7 Å². The van der Waals surface area contributed by atoms with E-state index in [1.54, 1.807) is 11.3 Å². The molecule has 0 saturated heterocycles. The van der Waals surface area contributed by atoms with Crippen LogP contribution in [-0.4, -0.2) is 11.0 Å². The second kappa shape index (κ2) is 6.18. The predicted octanol–water partition coefficient (Wildman–Crippen LogP) is 2.13. The maximum atomic E-state index is 8.63. The smallest absolute Gasteiger partial charge is 0.170 e. The van der Waals surface area contributed by atoms with Crippen molar-refractivity contribution in [1.29, 1.82) is 0 Å². The van der Waals surface area contributed by atoms with E-state index in [1.807, 2.05) is 24.3 Å². The van der Waals surface area contributed by atoms with E-state index in [0.717, 1.165) is 24.2 Å². The summed E-state index contributed by atoms with van der Waals surface area (Å²) in [6.07, 6.45) is 0. The molecule has 4 nitrogen and oxygen atoms in total. The van der Waals surface area contributed by atoms with E-state index in [4.69, 9.17) is 10.9 Å². The average molecular weight is 261 g/mol. The van der Waals surface area contributed by atoms with Crippen LogP contribution >= 0.6 is 11.3 Å². The van der Waals surface area contributed by atoms with Crippen LogP contribution in [-0.2, 0) is 13.1 Å². The molecule has 0 aliphatic rings. The maximum absolute atomic E-state index is 8.63. The normalized spacial score (nSPS) is 11.7. The average Bonchev–Trinajstić information content (AvgIpc) is 2.91. The topological polar surface area (TPSA) is 70.6 Å². The highest BCUT2D eigenvalue weighted by Gasteiger charge is 2.00. The zero-order valence-corrected chi connectivity index (χ0v) is 10.7. The van der Waals surface area contributed by atoms with Crippen LogP contribution in [0.15, 0.2) is 46.2 Å². The van der Waals surface area contributed by atoms with E-state index in [9.17, 15) is 0 Å². The summed E-state index contributed by atoms with van der Waals surface area (Å²) in [6.45, 7) is 1.60. The second-order valence-electron chi connectivity index (χ2n) is 3.92. The van der Waals surface area contributed by atoms with Gasteiger partial charge >= 0.3 is 0 Å². The van der Waals surface area contributed by atoms with Crippen LogP contribution < -0.4 is 11.1 Å². The highest BCUT2D eigenvalue weighted by Crippen LogP contribution is 2.07. The maximum Gasteiger partial charge on any atom is 0.170 e. The van der Waals surface area contributed by atoms with Crippen LogP contribution in [0.25, 0.3) is 0 Å². The van der Waals surface area contributed by atoms with Gasteiger partial charge in [-0.3, -0.25) is 0 Å². The van der Waals surface area contributed by atoms with E-state index in [2.05, 4.69) is 27.3 Å². The Kier molecular flexibility index (Phi) is 4.33. The number of rotatable bonds is 5. The first-order valence-electron chi connectivity index (χ1n) is 5.58. The van der Waals surface area contributed by atoms with E-state index in [1.165, 1.54) is 5.56 Å². The molecular weight excluding hydrogens is 246 g/mol. The Morgan fingerprint density at radius 2 is 2.11 bits per heavy atom. The molecule has 0 spiro atoms. The van der Waals surface area contributed by atoms with Crippen molar-refractivity contribution in [1.82, 2.24) is 5.32 Å². The molecule has 0 amide bonds. The summed E-state index contributed by atoms with van der Waals surface area (Å²) >= 11 is 1.70. The molecule has 1 aromatic carbocycles. The van der Waals surface area contributed by atoms with Gasteiger partial charge in [-0.2, -0.15) is 11.3 Å². The van der Waals surface area contributed by atoms with E-state index < -0.39 is 0 Å². The van der Waals surface area contributed by atoms with Crippen molar-refractivity contribution in [2.45, 2.75) is 13.1 Å². The van der Waals surface area contributed by atoms with Gasteiger partial charge in [-0.15, -0.1) is 0 Å². The number of nitrogens with one attached hydrogen (secondary N) is 1. The number of hydrogen-bond donors (Lipinski definition) is 3. The van der Waals surface area contributed by atoms with Crippen molar-refractivity contribution in [2.24, 2.45) is 10.9 Å². The Hall–Kier alpha value is -1.85. The Bertz CT molecular complexity index is 523. The van der Waals surface area contributed by atoms with Gasteiger partial charge in [-0.05, 0) is 34.0 Å². The first-order valence-corrected chi connectivity index (χ1v) is 6.52. The number of benzene rings is 1. The number of nitrogens with zero attached hydrogens (tertiary/aromatic N) is 1. The summed E-state index contributed by atoms with van der Waals surface area (Å²) in [5.74, 6) is 0.134. The van der Waals surface area contributed by atoms with Gasteiger partial charge in [0.15, 0.2) is 5.84 Å². The number of oxime groups is 1. The summed E-state index contributed by atoms with van der Waals surface area (Å²) in [5, 5.41) is 19.2. The molecular formula is C13H15N3OS. The minimum absolute atomic E-state index is 0.134. The van der Waals surface area contributed by atoms with Gasteiger partial charge in [0.25, 0.3) is 0 Å². The number of amidine groups is 1. The van der Waals surface area contributed by atoms with Crippen LogP contribution in [0.1, 0.15) is 16.7 Å². The van der Waals surface area contributed by atoms with Crippen LogP contribution in [0.4, 0.5) is 0 Å². The Morgan fingerprint density at radius 1 is 1.28 bits per heavy atom. The zero-order valence-electron chi connectivity index (χ0n) is 9.84. The molecule has 4 N–H and O–H groups in total. The third-order valence-electron chi connectivity index (χ3n) is 2.57. The van der Waals surface area contributed by atoms with E-state index >= 15 is 0 Å². The monoisotopic (exact) mass is 261 g/mol. The van der Waals surface area contributed by atoms with E-state index in [0.29, 0.717) is 0 Å². The molecule has 0 saturated carbocycles. The first kappa shape index (κ1) is 12.6. The summed E-state index contributed by atoms with van der Waals surface area (Å²) < 4.78 is 0. The molecule has 1 heterocycles. The van der Waals surface area contributed by atoms with Crippen LogP contribution in [0.2, 0.25) is 0 Å². The van der Waals surface area contributed by atoms with E-state index in [-0.39, 0.29) is 5.84 Å². The quantitative estimate of drug-likeness (QED) is 0.334. The third-order valence-corrected chi connectivity index (χ3v) is 3.30. The summed E-state index contributed by atoms with van der Waals surface area (Å²) in [5.41, 5.74) is 8.67. The lowest BCUT2D eigenvalue weighted by Gasteiger charge is -2.05. The number of nitrogens with two attached hydrogens (primary N) is 1. The molecule has 0 aliphatic heterocycles. The SMILES string of the molecule is NC(=NO)c1cccc(CNCc2ccsc2)c1. The second-order valence-corrected chi connectivity index (χ2v) is 4.70. The summed E-state index contributed by atoms with van der Waals surface area (Å²) in [7, 11) is 0. The molecule has 2 rings (SSSR count). The highest BCUT2D eigenvalue weighted by molar-refractivity contribution is 7.07. The molecule has 0 atom stereocenters. The predicted molar refractivity (Wildman–Crippen MR) is 73.8 cm³/mol. The molecule has 5 heteroatoms. The fourth-order valence-electron chi connectivity index (χ4n) is 1.64. The number of hydrogen-bond acceptors (Lipinski definition) is 4. The first-order chi connectivity index (χ1) is 8.79. The minimum Gasteiger partial charge on any atom is -0.409 e. The van der Waals surface area contributed by atoms with Crippen molar-refractivity contribution in [3.63, 3.8) is 0 Å². The highest BCUT2D eigenvalue weighted by atomic mass is 32.1. The standard InChI is InChI=1S/C13H15N3OS/c14-13(16-17)12-3-1-2-10(6-12)7-15-8-11-4-5-18-9-11/h1-6,9,15,17H,7-8H2,(H2,14,16). The van der Waals surface area contributed by atoms with Gasteiger partial charge in [-0.25, -0.2) is 0 Å². The van der Waals surface area contributed by atoms with Crippen molar-refractivity contribution >= 4 is 17.2 Å². The van der Waals surface area contributed by atoms with Crippen molar-refractivity contribution in [3.05, 3.63) is 57.8 Å². The molecule has 18 heavy (non-hydrogen) atoms. The van der Waals surface area contributed by atoms with Crippen molar-refractivity contribution in [3.8, 4) is 0 Å². The minimum atomic E-state index is 0.134. The molecule has 2 aromatic rings. The largest absolute Gasteiger partial charge is 0.409 e. The molecule has 0 bridgehead atoms. The molecule has 0 radical (unpaired) electrons. The van der Waals surface area contributed by atoms with Crippen molar-refractivity contribution in [2.75, 3.05) is 0 Å². The van der Waals surface area contributed by atoms with Crippen molar-refractivity contribution < 1.29 is 5.21 Å². The van der Waals surface area contributed by atoms with Gasteiger partial charge < -0.3 is 16.3 Å². The molecule has 1 aromatic heterocycles. The lowest BCUT2D eigenvalue weighted by Crippen LogP contribution is -2.15. The molecule has 0 unspecified atom stereocenters. The van der Waals surface area contributed by atoms with Gasteiger partial charge in [0.2, 0.25) is 0 Å².